The molecule has 2 N–H and O–H groups in total. The third-order valence-electron chi connectivity index (χ3n) is 10.7. The summed E-state index contributed by atoms with van der Waals surface area (Å²) in [5.74, 6) is -0.217. The average Bonchev–Trinajstić information content (AvgIpc) is 3.19. The van der Waals surface area contributed by atoms with Gasteiger partial charge in [0.25, 0.3) is 7.82 Å². The minimum Gasteiger partial charge on any atom is -0.756 e. The normalized spacial score (nSPS) is 14.6. The van der Waals surface area contributed by atoms with Crippen LogP contribution >= 0.6 is 7.82 Å². The van der Waals surface area contributed by atoms with Crippen molar-refractivity contribution in [3.05, 3.63) is 48.6 Å². The van der Waals surface area contributed by atoms with Gasteiger partial charge in [-0.25, -0.2) is 0 Å². The average molecular weight is 851 g/mol. The topological polar surface area (TPSA) is 108 Å². The van der Waals surface area contributed by atoms with Gasteiger partial charge in [-0.1, -0.05) is 184 Å². The molecule has 346 valence electrons. The van der Waals surface area contributed by atoms with Gasteiger partial charge in [-0.15, -0.1) is 0 Å². The molecular formula is C50H95N2O6P. The van der Waals surface area contributed by atoms with Gasteiger partial charge in [0.15, 0.2) is 0 Å². The van der Waals surface area contributed by atoms with Gasteiger partial charge in [0.1, 0.15) is 13.2 Å². The molecule has 0 saturated heterocycles. The molecule has 0 saturated carbocycles. The summed E-state index contributed by atoms with van der Waals surface area (Å²) >= 11 is 0. The van der Waals surface area contributed by atoms with Crippen molar-refractivity contribution in [2.45, 2.75) is 225 Å². The van der Waals surface area contributed by atoms with Crippen molar-refractivity contribution in [3.63, 3.8) is 0 Å². The molecule has 0 heterocycles. The Balaban J connectivity index is 4.45. The Kier molecular flexibility index (Phi) is 40.7. The molecule has 0 bridgehead atoms. The Bertz CT molecular complexity index is 1100. The summed E-state index contributed by atoms with van der Waals surface area (Å²) in [6.45, 7) is 4.61. The third-order valence-corrected chi connectivity index (χ3v) is 11.7. The first-order valence-electron chi connectivity index (χ1n) is 24.5. The van der Waals surface area contributed by atoms with Crippen molar-refractivity contribution in [2.24, 2.45) is 0 Å². The lowest BCUT2D eigenvalue weighted by atomic mass is 10.1. The first kappa shape index (κ1) is 57.5. The maximum atomic E-state index is 12.9. The van der Waals surface area contributed by atoms with Gasteiger partial charge >= 0.3 is 0 Å². The number of carbonyl (C=O) groups excluding carboxylic acids is 1. The van der Waals surface area contributed by atoms with Crippen molar-refractivity contribution in [1.82, 2.24) is 5.32 Å². The molecule has 0 aromatic rings. The molecule has 0 radical (unpaired) electrons. The number of hydrogen-bond acceptors (Lipinski definition) is 6. The summed E-state index contributed by atoms with van der Waals surface area (Å²) in [4.78, 5) is 25.4. The van der Waals surface area contributed by atoms with Crippen LogP contribution in [0.1, 0.15) is 213 Å². The van der Waals surface area contributed by atoms with E-state index in [0.717, 1.165) is 44.9 Å². The number of unbranched alkanes of at least 4 members (excludes halogenated alkanes) is 25. The van der Waals surface area contributed by atoms with Gasteiger partial charge in [0.2, 0.25) is 5.91 Å². The second-order valence-electron chi connectivity index (χ2n) is 17.8. The zero-order chi connectivity index (χ0) is 43.6. The lowest BCUT2D eigenvalue weighted by molar-refractivity contribution is -0.870. The Labute approximate surface area is 365 Å². The van der Waals surface area contributed by atoms with Gasteiger partial charge in [0, 0.05) is 6.42 Å². The van der Waals surface area contributed by atoms with Crippen LogP contribution < -0.4 is 10.2 Å². The molecule has 0 aromatic heterocycles. The van der Waals surface area contributed by atoms with Crippen molar-refractivity contribution in [1.29, 1.82) is 0 Å². The maximum Gasteiger partial charge on any atom is 0.268 e. The molecule has 0 spiro atoms. The molecule has 0 aromatic carbocycles. The van der Waals surface area contributed by atoms with Gasteiger partial charge in [-0.05, 0) is 70.6 Å². The molecule has 0 aliphatic carbocycles. The number of phosphoric ester groups is 1. The predicted molar refractivity (Wildman–Crippen MR) is 251 cm³/mol. The summed E-state index contributed by atoms with van der Waals surface area (Å²) in [5, 5.41) is 13.8. The predicted octanol–water partition coefficient (Wildman–Crippen LogP) is 13.4. The van der Waals surface area contributed by atoms with Crippen LogP contribution in [0.2, 0.25) is 0 Å². The quantitative estimate of drug-likeness (QED) is 0.0274. The third kappa shape index (κ3) is 44.3. The number of likely N-dealkylation sites (N-methyl/N-ethyl adjacent to an activating group) is 1. The van der Waals surface area contributed by atoms with E-state index < -0.39 is 26.6 Å². The number of aliphatic hydroxyl groups excluding tert-OH is 1. The van der Waals surface area contributed by atoms with Crippen LogP contribution in [0.15, 0.2) is 48.6 Å². The summed E-state index contributed by atoms with van der Waals surface area (Å²) in [6.07, 6.45) is 53.1. The number of allylic oxidation sites excluding steroid dienone is 7. The molecule has 0 aliphatic rings. The van der Waals surface area contributed by atoms with Crippen LogP contribution in [0.25, 0.3) is 0 Å². The second-order valence-corrected chi connectivity index (χ2v) is 19.2. The number of aliphatic hydroxyl groups is 1. The highest BCUT2D eigenvalue weighted by Gasteiger charge is 2.23. The second kappa shape index (κ2) is 41.8. The highest BCUT2D eigenvalue weighted by atomic mass is 31.2. The molecule has 0 aliphatic heterocycles. The van der Waals surface area contributed by atoms with Crippen molar-refractivity contribution in [3.8, 4) is 0 Å². The maximum absolute atomic E-state index is 12.9. The van der Waals surface area contributed by atoms with Crippen molar-refractivity contribution < 1.29 is 32.9 Å². The van der Waals surface area contributed by atoms with Crippen LogP contribution in [0.4, 0.5) is 0 Å². The molecule has 0 fully saturated rings. The van der Waals surface area contributed by atoms with Gasteiger partial charge in [-0.2, -0.15) is 0 Å². The van der Waals surface area contributed by atoms with Crippen LogP contribution in [0.3, 0.4) is 0 Å². The number of nitrogens with zero attached hydrogens (tertiary/aromatic N) is 1. The fraction of sp³-hybridized carbons (Fsp3) is 0.820. The SMILES string of the molecule is CCCCCCCC/C=C\CCCCCCCCCC(=O)NC(COP(=O)([O-])OCC[N+](C)(C)C)C(O)/C=C/CC/C=C/CC/C=C/CCCCCCCCCCCC. The van der Waals surface area contributed by atoms with Crippen molar-refractivity contribution >= 4 is 13.7 Å². The fourth-order valence-electron chi connectivity index (χ4n) is 6.83. The largest absolute Gasteiger partial charge is 0.756 e. The van der Waals surface area contributed by atoms with E-state index >= 15 is 0 Å². The van der Waals surface area contributed by atoms with Crippen LogP contribution in [0, 0.1) is 0 Å². The molecular weight excluding hydrogens is 756 g/mol. The zero-order valence-corrected chi connectivity index (χ0v) is 40.1. The van der Waals surface area contributed by atoms with E-state index in [1.165, 1.54) is 148 Å². The standard InChI is InChI=1S/C50H95N2O6P/c1-6-8-10-12-14-16-18-20-22-24-25-26-28-29-31-33-35-37-39-41-43-49(53)48(47-58-59(55,56)57-46-45-52(3,4)5)51-50(54)44-42-40-38-36-34-32-30-27-23-21-19-17-15-13-11-9-7-2/h21,23,26,28,33,35,41,43,48-49,53H,6-20,22,24-25,27,29-32,34,36-40,42,44-47H2,1-5H3,(H-,51,54,55,56)/b23-21-,28-26+,35-33+,43-41+. The van der Waals surface area contributed by atoms with E-state index in [-0.39, 0.29) is 12.5 Å². The van der Waals surface area contributed by atoms with Gasteiger partial charge in [-0.3, -0.25) is 9.36 Å². The van der Waals surface area contributed by atoms with E-state index in [1.807, 2.05) is 27.2 Å². The van der Waals surface area contributed by atoms with Crippen LogP contribution in [0.5, 0.6) is 0 Å². The summed E-state index contributed by atoms with van der Waals surface area (Å²) in [7, 11) is 1.23. The number of quaternary nitrogens is 1. The Hall–Kier alpha value is -1.54. The van der Waals surface area contributed by atoms with E-state index in [2.05, 4.69) is 55.6 Å². The minimum atomic E-state index is -4.60. The van der Waals surface area contributed by atoms with E-state index in [0.29, 0.717) is 17.4 Å². The molecule has 3 unspecified atom stereocenters. The number of rotatable bonds is 44. The molecule has 9 heteroatoms. The molecule has 1 amide bonds. The molecule has 8 nitrogen and oxygen atoms in total. The lowest BCUT2D eigenvalue weighted by Gasteiger charge is -2.29. The fourth-order valence-corrected chi connectivity index (χ4v) is 7.55. The van der Waals surface area contributed by atoms with Crippen LogP contribution in [-0.4, -0.2) is 68.5 Å². The molecule has 59 heavy (non-hydrogen) atoms. The summed E-state index contributed by atoms with van der Waals surface area (Å²) in [6, 6.07) is -0.912. The highest BCUT2D eigenvalue weighted by Crippen LogP contribution is 2.38. The number of amides is 1. The zero-order valence-electron chi connectivity index (χ0n) is 39.2. The van der Waals surface area contributed by atoms with Gasteiger partial charge < -0.3 is 28.8 Å². The first-order chi connectivity index (χ1) is 28.5. The number of phosphoric acid groups is 1. The highest BCUT2D eigenvalue weighted by molar-refractivity contribution is 7.45. The number of nitrogens with one attached hydrogen (secondary N) is 1. The first-order valence-corrected chi connectivity index (χ1v) is 26.0. The van der Waals surface area contributed by atoms with E-state index in [4.69, 9.17) is 9.05 Å². The minimum absolute atomic E-state index is 0.0106. The molecule has 3 atom stereocenters. The monoisotopic (exact) mass is 851 g/mol. The Morgan fingerprint density at radius 2 is 0.949 bits per heavy atom. The number of carbonyl (C=O) groups is 1. The Morgan fingerprint density at radius 1 is 0.576 bits per heavy atom. The summed E-state index contributed by atoms with van der Waals surface area (Å²) in [5.41, 5.74) is 0. The van der Waals surface area contributed by atoms with Gasteiger partial charge in [0.05, 0.1) is 39.9 Å². The van der Waals surface area contributed by atoms with Crippen LogP contribution in [-0.2, 0) is 18.4 Å². The van der Waals surface area contributed by atoms with E-state index in [9.17, 15) is 19.4 Å². The lowest BCUT2D eigenvalue weighted by Crippen LogP contribution is -2.45. The smallest absolute Gasteiger partial charge is 0.268 e. The van der Waals surface area contributed by atoms with E-state index in [1.54, 1.807) is 6.08 Å². The van der Waals surface area contributed by atoms with Crippen molar-refractivity contribution in [2.75, 3.05) is 40.9 Å². The number of hydrogen-bond donors (Lipinski definition) is 2. The molecule has 0 rings (SSSR count). The Morgan fingerprint density at radius 3 is 1.37 bits per heavy atom. The summed E-state index contributed by atoms with van der Waals surface area (Å²) < 4.78 is 23.2.